The van der Waals surface area contributed by atoms with Gasteiger partial charge in [-0.3, -0.25) is 14.4 Å². The second kappa shape index (κ2) is 7.21. The van der Waals surface area contributed by atoms with Crippen LogP contribution < -0.4 is 0 Å². The van der Waals surface area contributed by atoms with E-state index in [9.17, 15) is 14.4 Å². The van der Waals surface area contributed by atoms with Gasteiger partial charge in [-0.05, 0) is 37.0 Å². The molecule has 0 radical (unpaired) electrons. The van der Waals surface area contributed by atoms with E-state index >= 15 is 0 Å². The molecule has 0 N–H and O–H groups in total. The lowest BCUT2D eigenvalue weighted by molar-refractivity contribution is -0.151. The van der Waals surface area contributed by atoms with Crippen LogP contribution >= 0.6 is 0 Å². The van der Waals surface area contributed by atoms with Gasteiger partial charge >= 0.3 is 5.97 Å². The minimum absolute atomic E-state index is 0.143. The molecule has 0 spiro atoms. The number of amides is 1. The van der Waals surface area contributed by atoms with Crippen molar-refractivity contribution in [2.75, 3.05) is 13.2 Å². The van der Waals surface area contributed by atoms with Crippen LogP contribution in [-0.4, -0.2) is 41.8 Å². The summed E-state index contributed by atoms with van der Waals surface area (Å²) in [6.07, 6.45) is 3.30. The minimum Gasteiger partial charge on any atom is -0.466 e. The van der Waals surface area contributed by atoms with Gasteiger partial charge in [0.15, 0.2) is 5.78 Å². The van der Waals surface area contributed by atoms with Crippen molar-refractivity contribution in [3.05, 3.63) is 47.0 Å². The van der Waals surface area contributed by atoms with Crippen LogP contribution in [0.2, 0.25) is 0 Å². The highest BCUT2D eigenvalue weighted by molar-refractivity contribution is 6.11. The van der Waals surface area contributed by atoms with Crippen LogP contribution in [0.4, 0.5) is 0 Å². The molecule has 1 saturated heterocycles. The van der Waals surface area contributed by atoms with Crippen molar-refractivity contribution in [2.45, 2.75) is 39.2 Å². The van der Waals surface area contributed by atoms with Gasteiger partial charge in [-0.2, -0.15) is 0 Å². The number of hydrogen-bond donors (Lipinski definition) is 0. The van der Waals surface area contributed by atoms with Crippen LogP contribution in [0, 0.1) is 5.92 Å². The van der Waals surface area contributed by atoms with E-state index in [1.807, 2.05) is 24.3 Å². The third-order valence-electron chi connectivity index (χ3n) is 4.96. The summed E-state index contributed by atoms with van der Waals surface area (Å²) in [5.74, 6) is -1.24. The third kappa shape index (κ3) is 3.36. The van der Waals surface area contributed by atoms with Crippen LogP contribution in [0.1, 0.15) is 31.4 Å². The van der Waals surface area contributed by atoms with Gasteiger partial charge in [-0.15, -0.1) is 0 Å². The molecule has 0 aliphatic carbocycles. The van der Waals surface area contributed by atoms with Gasteiger partial charge in [0, 0.05) is 18.5 Å². The molecule has 1 fully saturated rings. The number of ether oxygens (including phenoxy) is 1. The average Bonchev–Trinajstić information content (AvgIpc) is 3.06. The summed E-state index contributed by atoms with van der Waals surface area (Å²) < 4.78 is 5.05. The standard InChI is InChI=1S/C20H23NO4/c1-3-13-5-7-14(8-6-13)11-15-12-17(22)18-16(20(24)25-4-2)9-10-21(18)19(15)23/h5-8,12,16,18H,3-4,9-11H2,1-2H3. The van der Waals surface area contributed by atoms with Crippen molar-refractivity contribution < 1.29 is 19.1 Å². The molecule has 25 heavy (non-hydrogen) atoms. The monoisotopic (exact) mass is 341 g/mol. The maximum absolute atomic E-state index is 12.8. The molecule has 2 unspecified atom stereocenters. The Bertz CT molecular complexity index is 720. The van der Waals surface area contributed by atoms with E-state index in [1.165, 1.54) is 11.6 Å². The van der Waals surface area contributed by atoms with Crippen molar-refractivity contribution in [3.8, 4) is 0 Å². The summed E-state index contributed by atoms with van der Waals surface area (Å²) in [6, 6.07) is 7.38. The van der Waals surface area contributed by atoms with Crippen LogP contribution in [0.25, 0.3) is 0 Å². The third-order valence-corrected chi connectivity index (χ3v) is 4.96. The fourth-order valence-electron chi connectivity index (χ4n) is 3.61. The van der Waals surface area contributed by atoms with Gasteiger partial charge in [0.1, 0.15) is 6.04 Å². The second-order valence-corrected chi connectivity index (χ2v) is 6.51. The molecule has 0 saturated carbocycles. The Kier molecular flexibility index (Phi) is 5.02. The lowest BCUT2D eigenvalue weighted by atomic mass is 9.91. The Labute approximate surface area is 147 Å². The van der Waals surface area contributed by atoms with E-state index < -0.39 is 12.0 Å². The van der Waals surface area contributed by atoms with Crippen LogP contribution in [-0.2, 0) is 32.0 Å². The molecule has 1 aromatic carbocycles. The molecule has 132 valence electrons. The smallest absolute Gasteiger partial charge is 0.311 e. The summed E-state index contributed by atoms with van der Waals surface area (Å²) in [7, 11) is 0. The molecular formula is C20H23NO4. The number of rotatable bonds is 5. The quantitative estimate of drug-likeness (QED) is 0.769. The van der Waals surface area contributed by atoms with Gasteiger partial charge in [0.05, 0.1) is 12.5 Å². The zero-order valence-corrected chi connectivity index (χ0v) is 14.7. The Balaban J connectivity index is 1.78. The Morgan fingerprint density at radius 3 is 2.48 bits per heavy atom. The first kappa shape index (κ1) is 17.4. The molecule has 0 aromatic heterocycles. The molecule has 3 rings (SSSR count). The van der Waals surface area contributed by atoms with Crippen molar-refractivity contribution in [1.29, 1.82) is 0 Å². The predicted octanol–water partition coefficient (Wildman–Crippen LogP) is 2.08. The number of nitrogens with zero attached hydrogens (tertiary/aromatic N) is 1. The maximum atomic E-state index is 12.8. The van der Waals surface area contributed by atoms with Gasteiger partial charge < -0.3 is 9.64 Å². The first-order valence-electron chi connectivity index (χ1n) is 8.85. The van der Waals surface area contributed by atoms with Crippen LogP contribution in [0.3, 0.4) is 0 Å². The number of esters is 1. The topological polar surface area (TPSA) is 63.7 Å². The highest BCUT2D eigenvalue weighted by Crippen LogP contribution is 2.32. The Hall–Kier alpha value is -2.43. The van der Waals surface area contributed by atoms with Gasteiger partial charge in [-0.1, -0.05) is 31.2 Å². The zero-order chi connectivity index (χ0) is 18.0. The molecule has 5 nitrogen and oxygen atoms in total. The lowest BCUT2D eigenvalue weighted by Crippen LogP contribution is -2.48. The molecule has 2 aliphatic heterocycles. The first-order valence-corrected chi connectivity index (χ1v) is 8.85. The van der Waals surface area contributed by atoms with Gasteiger partial charge in [0.25, 0.3) is 5.91 Å². The molecule has 1 aromatic rings. The number of ketones is 1. The van der Waals surface area contributed by atoms with E-state index in [4.69, 9.17) is 4.74 Å². The van der Waals surface area contributed by atoms with Crippen LogP contribution in [0.5, 0.6) is 0 Å². The number of aryl methyl sites for hydroxylation is 1. The lowest BCUT2D eigenvalue weighted by Gasteiger charge is -2.30. The maximum Gasteiger partial charge on any atom is 0.311 e. The van der Waals surface area contributed by atoms with Gasteiger partial charge in [-0.25, -0.2) is 0 Å². The summed E-state index contributed by atoms with van der Waals surface area (Å²) >= 11 is 0. The fraction of sp³-hybridized carbons (Fsp3) is 0.450. The fourth-order valence-corrected chi connectivity index (χ4v) is 3.61. The number of carbonyl (C=O) groups is 3. The van der Waals surface area contributed by atoms with E-state index in [2.05, 4.69) is 6.92 Å². The second-order valence-electron chi connectivity index (χ2n) is 6.51. The SMILES string of the molecule is CCOC(=O)C1CCN2C(=O)C(Cc3ccc(CC)cc3)=CC(=O)C12. The molecule has 2 heterocycles. The van der Waals surface area contributed by atoms with E-state index in [0.29, 0.717) is 25.0 Å². The number of benzene rings is 1. The largest absolute Gasteiger partial charge is 0.466 e. The average molecular weight is 341 g/mol. The Morgan fingerprint density at radius 2 is 1.84 bits per heavy atom. The highest BCUT2D eigenvalue weighted by atomic mass is 16.5. The van der Waals surface area contributed by atoms with Gasteiger partial charge in [0.2, 0.25) is 0 Å². The molecule has 2 aliphatic rings. The van der Waals surface area contributed by atoms with Crippen molar-refractivity contribution in [3.63, 3.8) is 0 Å². The molecule has 1 amide bonds. The van der Waals surface area contributed by atoms with E-state index in [-0.39, 0.29) is 24.3 Å². The predicted molar refractivity (Wildman–Crippen MR) is 92.9 cm³/mol. The summed E-state index contributed by atoms with van der Waals surface area (Å²) in [5.41, 5.74) is 2.74. The number of hydrogen-bond acceptors (Lipinski definition) is 4. The highest BCUT2D eigenvalue weighted by Gasteiger charge is 2.48. The Morgan fingerprint density at radius 1 is 1.16 bits per heavy atom. The van der Waals surface area contributed by atoms with Crippen molar-refractivity contribution in [2.24, 2.45) is 5.92 Å². The van der Waals surface area contributed by atoms with E-state index in [1.54, 1.807) is 11.8 Å². The van der Waals surface area contributed by atoms with Crippen molar-refractivity contribution in [1.82, 2.24) is 4.90 Å². The first-order chi connectivity index (χ1) is 12.0. The molecule has 2 atom stereocenters. The number of carbonyl (C=O) groups excluding carboxylic acids is 3. The summed E-state index contributed by atoms with van der Waals surface area (Å²) in [6.45, 7) is 4.53. The van der Waals surface area contributed by atoms with E-state index in [0.717, 1.165) is 12.0 Å². The zero-order valence-electron chi connectivity index (χ0n) is 14.7. The number of fused-ring (bicyclic) bond motifs is 1. The van der Waals surface area contributed by atoms with Crippen LogP contribution in [0.15, 0.2) is 35.9 Å². The molecule has 0 bridgehead atoms. The molecular weight excluding hydrogens is 318 g/mol. The summed E-state index contributed by atoms with van der Waals surface area (Å²) in [4.78, 5) is 38.9. The normalized spacial score (nSPS) is 22.6. The minimum atomic E-state index is -0.697. The molecule has 5 heteroatoms. The summed E-state index contributed by atoms with van der Waals surface area (Å²) in [5, 5.41) is 0. The van der Waals surface area contributed by atoms with Crippen molar-refractivity contribution >= 4 is 17.7 Å².